The van der Waals surface area contributed by atoms with Crippen LogP contribution in [0.15, 0.2) is 36.7 Å². The zero-order valence-electron chi connectivity index (χ0n) is 11.4. The lowest BCUT2D eigenvalue weighted by molar-refractivity contribution is 0.409. The van der Waals surface area contributed by atoms with E-state index in [4.69, 9.17) is 4.74 Å². The molecule has 2 rings (SSSR count). The number of nitrogens with zero attached hydrogens (tertiary/aromatic N) is 1. The van der Waals surface area contributed by atoms with Crippen molar-refractivity contribution in [3.63, 3.8) is 0 Å². The molecule has 0 atom stereocenters. The van der Waals surface area contributed by atoms with Crippen LogP contribution in [0.25, 0.3) is 0 Å². The van der Waals surface area contributed by atoms with Gasteiger partial charge in [0.25, 0.3) is 0 Å². The van der Waals surface area contributed by atoms with E-state index in [1.165, 1.54) is 18.3 Å². The van der Waals surface area contributed by atoms with Gasteiger partial charge in [-0.05, 0) is 18.2 Å². The molecule has 0 saturated heterocycles. The number of ether oxygens (including phenoxy) is 1. The summed E-state index contributed by atoms with van der Waals surface area (Å²) in [5, 5.41) is 3.24. The number of halogens is 2. The van der Waals surface area contributed by atoms with Crippen molar-refractivity contribution >= 4 is 0 Å². The lowest BCUT2D eigenvalue weighted by Crippen LogP contribution is -2.22. The first-order valence-corrected chi connectivity index (χ1v) is 6.36. The third-order valence-corrected chi connectivity index (χ3v) is 2.71. The van der Waals surface area contributed by atoms with Gasteiger partial charge >= 0.3 is 0 Å². The summed E-state index contributed by atoms with van der Waals surface area (Å²) in [6, 6.07) is 5.91. The van der Waals surface area contributed by atoms with Crippen molar-refractivity contribution in [2.45, 2.75) is 26.4 Å². The van der Waals surface area contributed by atoms with Gasteiger partial charge in [0.2, 0.25) is 5.82 Å². The highest BCUT2D eigenvalue weighted by Gasteiger charge is 2.12. The molecule has 2 aromatic rings. The Labute approximate surface area is 116 Å². The quantitative estimate of drug-likeness (QED) is 0.906. The summed E-state index contributed by atoms with van der Waals surface area (Å²) in [7, 11) is 0. The van der Waals surface area contributed by atoms with Crippen molar-refractivity contribution in [1.82, 2.24) is 10.3 Å². The van der Waals surface area contributed by atoms with Gasteiger partial charge < -0.3 is 10.1 Å². The molecule has 1 aromatic carbocycles. The standard InChI is InChI=1S/C15H16F2N2O/c1-10(2)19-8-11-6-7-18-9-14(11)20-13-5-3-4-12(16)15(13)17/h3-7,9-10,19H,8H2,1-2H3. The number of benzene rings is 1. The summed E-state index contributed by atoms with van der Waals surface area (Å²) < 4.78 is 32.2. The number of aromatic nitrogens is 1. The van der Waals surface area contributed by atoms with Gasteiger partial charge in [0.05, 0.1) is 6.20 Å². The highest BCUT2D eigenvalue weighted by atomic mass is 19.2. The minimum atomic E-state index is -1.00. The van der Waals surface area contributed by atoms with Gasteiger partial charge in [-0.2, -0.15) is 4.39 Å². The van der Waals surface area contributed by atoms with E-state index in [1.54, 1.807) is 12.3 Å². The number of pyridine rings is 1. The fourth-order valence-corrected chi connectivity index (χ4v) is 1.64. The van der Waals surface area contributed by atoms with Crippen LogP contribution in [0.4, 0.5) is 8.78 Å². The van der Waals surface area contributed by atoms with Crippen molar-refractivity contribution in [2.75, 3.05) is 0 Å². The van der Waals surface area contributed by atoms with E-state index in [1.807, 2.05) is 13.8 Å². The smallest absolute Gasteiger partial charge is 0.201 e. The van der Waals surface area contributed by atoms with Gasteiger partial charge in [0, 0.05) is 24.3 Å². The highest BCUT2D eigenvalue weighted by Crippen LogP contribution is 2.27. The molecule has 0 radical (unpaired) electrons. The fraction of sp³-hybridized carbons (Fsp3) is 0.267. The van der Waals surface area contributed by atoms with Crippen LogP contribution in [0.2, 0.25) is 0 Å². The molecule has 0 aliphatic carbocycles. The molecule has 20 heavy (non-hydrogen) atoms. The molecule has 0 aliphatic heterocycles. The van der Waals surface area contributed by atoms with Crippen molar-refractivity contribution in [2.24, 2.45) is 0 Å². The molecule has 0 spiro atoms. The highest BCUT2D eigenvalue weighted by molar-refractivity contribution is 5.36. The second-order valence-electron chi connectivity index (χ2n) is 4.67. The molecule has 0 aliphatic rings. The molecule has 1 heterocycles. The van der Waals surface area contributed by atoms with E-state index in [9.17, 15) is 8.78 Å². The lowest BCUT2D eigenvalue weighted by Gasteiger charge is -2.13. The largest absolute Gasteiger partial charge is 0.452 e. The Balaban J connectivity index is 2.22. The first-order valence-electron chi connectivity index (χ1n) is 6.36. The van der Waals surface area contributed by atoms with Crippen LogP contribution < -0.4 is 10.1 Å². The monoisotopic (exact) mass is 278 g/mol. The second kappa shape index (κ2) is 6.43. The Morgan fingerprint density at radius 2 is 2.00 bits per heavy atom. The summed E-state index contributed by atoms with van der Waals surface area (Å²) in [5.41, 5.74) is 0.831. The van der Waals surface area contributed by atoms with E-state index >= 15 is 0 Å². The van der Waals surface area contributed by atoms with E-state index in [0.717, 1.165) is 11.6 Å². The zero-order chi connectivity index (χ0) is 14.5. The minimum Gasteiger partial charge on any atom is -0.452 e. The Bertz CT molecular complexity index is 588. The third-order valence-electron chi connectivity index (χ3n) is 2.71. The molecule has 0 bridgehead atoms. The van der Waals surface area contributed by atoms with Crippen LogP contribution in [0.3, 0.4) is 0 Å². The van der Waals surface area contributed by atoms with Gasteiger partial charge in [0.15, 0.2) is 11.6 Å². The van der Waals surface area contributed by atoms with Crippen LogP contribution in [0.1, 0.15) is 19.4 Å². The molecular formula is C15H16F2N2O. The fourth-order valence-electron chi connectivity index (χ4n) is 1.64. The zero-order valence-corrected chi connectivity index (χ0v) is 11.4. The van der Waals surface area contributed by atoms with Crippen molar-refractivity contribution in [3.05, 3.63) is 53.9 Å². The predicted octanol–water partition coefficient (Wildman–Crippen LogP) is 3.65. The average Bonchev–Trinajstić information content (AvgIpc) is 2.43. The molecule has 1 aromatic heterocycles. The van der Waals surface area contributed by atoms with Crippen LogP contribution >= 0.6 is 0 Å². The van der Waals surface area contributed by atoms with Crippen LogP contribution in [0, 0.1) is 11.6 Å². The summed E-state index contributed by atoms with van der Waals surface area (Å²) in [5.74, 6) is -1.68. The molecular weight excluding hydrogens is 262 g/mol. The average molecular weight is 278 g/mol. The van der Waals surface area contributed by atoms with E-state index < -0.39 is 11.6 Å². The normalized spacial score (nSPS) is 10.8. The topological polar surface area (TPSA) is 34.2 Å². The molecule has 106 valence electrons. The first kappa shape index (κ1) is 14.4. The van der Waals surface area contributed by atoms with E-state index in [0.29, 0.717) is 18.3 Å². The number of rotatable bonds is 5. The Kier molecular flexibility index (Phi) is 4.63. The number of hydrogen-bond donors (Lipinski definition) is 1. The van der Waals surface area contributed by atoms with Gasteiger partial charge in [-0.3, -0.25) is 4.98 Å². The minimum absolute atomic E-state index is 0.149. The lowest BCUT2D eigenvalue weighted by atomic mass is 10.2. The van der Waals surface area contributed by atoms with Crippen LogP contribution in [0.5, 0.6) is 11.5 Å². The van der Waals surface area contributed by atoms with Crippen LogP contribution in [-0.2, 0) is 6.54 Å². The van der Waals surface area contributed by atoms with Crippen molar-refractivity contribution < 1.29 is 13.5 Å². The van der Waals surface area contributed by atoms with E-state index in [-0.39, 0.29) is 5.75 Å². The molecule has 0 saturated carbocycles. The molecule has 0 unspecified atom stereocenters. The maximum absolute atomic E-state index is 13.6. The number of nitrogens with one attached hydrogen (secondary N) is 1. The Hall–Kier alpha value is -2.01. The van der Waals surface area contributed by atoms with Gasteiger partial charge in [-0.25, -0.2) is 4.39 Å². The third kappa shape index (κ3) is 3.51. The van der Waals surface area contributed by atoms with Crippen LogP contribution in [-0.4, -0.2) is 11.0 Å². The molecule has 5 heteroatoms. The molecule has 0 fully saturated rings. The van der Waals surface area contributed by atoms with Gasteiger partial charge in [0.1, 0.15) is 5.75 Å². The summed E-state index contributed by atoms with van der Waals surface area (Å²) in [6.07, 6.45) is 3.12. The predicted molar refractivity (Wildman–Crippen MR) is 72.6 cm³/mol. The van der Waals surface area contributed by atoms with Crippen molar-refractivity contribution in [3.8, 4) is 11.5 Å². The SMILES string of the molecule is CC(C)NCc1ccncc1Oc1cccc(F)c1F. The Morgan fingerprint density at radius 1 is 1.20 bits per heavy atom. The van der Waals surface area contributed by atoms with E-state index in [2.05, 4.69) is 10.3 Å². The summed E-state index contributed by atoms with van der Waals surface area (Å²) in [4.78, 5) is 3.95. The van der Waals surface area contributed by atoms with Crippen molar-refractivity contribution in [1.29, 1.82) is 0 Å². The maximum Gasteiger partial charge on any atom is 0.201 e. The second-order valence-corrected chi connectivity index (χ2v) is 4.67. The molecule has 0 amide bonds. The molecule has 1 N–H and O–H groups in total. The first-order chi connectivity index (χ1) is 9.58. The van der Waals surface area contributed by atoms with Gasteiger partial charge in [-0.15, -0.1) is 0 Å². The Morgan fingerprint density at radius 3 is 2.75 bits per heavy atom. The maximum atomic E-state index is 13.6. The number of hydrogen-bond acceptors (Lipinski definition) is 3. The molecule has 3 nitrogen and oxygen atoms in total. The summed E-state index contributed by atoms with van der Waals surface area (Å²) >= 11 is 0. The summed E-state index contributed by atoms with van der Waals surface area (Å²) in [6.45, 7) is 4.61. The van der Waals surface area contributed by atoms with Gasteiger partial charge in [-0.1, -0.05) is 19.9 Å².